The Morgan fingerprint density at radius 1 is 1.48 bits per heavy atom. The maximum absolute atomic E-state index is 11.2. The van der Waals surface area contributed by atoms with Gasteiger partial charge in [0, 0.05) is 5.56 Å². The van der Waals surface area contributed by atoms with Crippen LogP contribution < -0.4 is 5.32 Å². The molecule has 0 aliphatic rings. The quantitative estimate of drug-likeness (QED) is 0.648. The summed E-state index contributed by atoms with van der Waals surface area (Å²) in [6.45, 7) is 6.61. The molecule has 0 aliphatic carbocycles. The average Bonchev–Trinajstić information content (AvgIpc) is 2.93. The van der Waals surface area contributed by atoms with Crippen molar-refractivity contribution in [2.45, 2.75) is 33.2 Å². The first-order chi connectivity index (χ1) is 10.0. The monoisotopic (exact) mass is 289 g/mol. The summed E-state index contributed by atoms with van der Waals surface area (Å²) in [5.74, 6) is 0.958. The predicted molar refractivity (Wildman–Crippen MR) is 80.0 cm³/mol. The second-order valence-corrected chi connectivity index (χ2v) is 4.97. The van der Waals surface area contributed by atoms with E-state index in [-0.39, 0.29) is 16.7 Å². The van der Waals surface area contributed by atoms with E-state index in [9.17, 15) is 10.1 Å². The van der Waals surface area contributed by atoms with Crippen molar-refractivity contribution in [3.63, 3.8) is 0 Å². The molecule has 6 heteroatoms. The molecule has 0 saturated heterocycles. The van der Waals surface area contributed by atoms with Gasteiger partial charge in [0.25, 0.3) is 5.69 Å². The SMILES string of the molecule is CCCNC(C)c1ncc(-c2cccc(C)c2[N+](=O)[O-])o1. The fraction of sp³-hybridized carbons (Fsp3) is 0.400. The third-order valence-electron chi connectivity index (χ3n) is 3.28. The van der Waals surface area contributed by atoms with E-state index in [1.54, 1.807) is 31.3 Å². The smallest absolute Gasteiger partial charge is 0.283 e. The molecule has 0 amide bonds. The first kappa shape index (κ1) is 15.2. The van der Waals surface area contributed by atoms with Crippen molar-refractivity contribution in [1.82, 2.24) is 10.3 Å². The summed E-state index contributed by atoms with van der Waals surface area (Å²) in [5.41, 5.74) is 1.13. The molecule has 1 atom stereocenters. The first-order valence-electron chi connectivity index (χ1n) is 6.98. The molecule has 6 nitrogen and oxygen atoms in total. The molecule has 1 aromatic heterocycles. The third kappa shape index (κ3) is 3.28. The van der Waals surface area contributed by atoms with E-state index >= 15 is 0 Å². The second-order valence-electron chi connectivity index (χ2n) is 4.97. The lowest BCUT2D eigenvalue weighted by Gasteiger charge is -2.08. The number of nitrogens with one attached hydrogen (secondary N) is 1. The lowest BCUT2D eigenvalue weighted by Crippen LogP contribution is -2.19. The Bertz CT molecular complexity index is 637. The van der Waals surface area contributed by atoms with Crippen LogP contribution >= 0.6 is 0 Å². The van der Waals surface area contributed by atoms with Crippen LogP contribution in [0.25, 0.3) is 11.3 Å². The zero-order valence-electron chi connectivity index (χ0n) is 12.4. The van der Waals surface area contributed by atoms with E-state index in [1.807, 2.05) is 6.92 Å². The molecule has 1 heterocycles. The van der Waals surface area contributed by atoms with Crippen molar-refractivity contribution >= 4 is 5.69 Å². The number of nitro benzene ring substituents is 1. The van der Waals surface area contributed by atoms with Gasteiger partial charge in [-0.3, -0.25) is 10.1 Å². The van der Waals surface area contributed by atoms with Crippen LogP contribution in [-0.2, 0) is 0 Å². The summed E-state index contributed by atoms with van der Waals surface area (Å²) < 4.78 is 5.70. The minimum atomic E-state index is -0.383. The van der Waals surface area contributed by atoms with Gasteiger partial charge < -0.3 is 9.73 Å². The first-order valence-corrected chi connectivity index (χ1v) is 6.98. The molecular weight excluding hydrogens is 270 g/mol. The molecule has 0 spiro atoms. The molecule has 0 fully saturated rings. The number of aromatic nitrogens is 1. The van der Waals surface area contributed by atoms with Crippen LogP contribution in [0.1, 0.15) is 37.8 Å². The summed E-state index contributed by atoms with van der Waals surface area (Å²) in [5, 5.41) is 14.5. The van der Waals surface area contributed by atoms with E-state index in [4.69, 9.17) is 4.42 Å². The lowest BCUT2D eigenvalue weighted by molar-refractivity contribution is -0.384. The van der Waals surface area contributed by atoms with Gasteiger partial charge in [-0.15, -0.1) is 0 Å². The van der Waals surface area contributed by atoms with Crippen LogP contribution in [0.15, 0.2) is 28.8 Å². The van der Waals surface area contributed by atoms with Crippen molar-refractivity contribution < 1.29 is 9.34 Å². The molecule has 2 aromatic rings. The number of aryl methyl sites for hydroxylation is 1. The molecule has 21 heavy (non-hydrogen) atoms. The summed E-state index contributed by atoms with van der Waals surface area (Å²) in [4.78, 5) is 15.1. The Morgan fingerprint density at radius 3 is 2.90 bits per heavy atom. The van der Waals surface area contributed by atoms with Gasteiger partial charge in [-0.25, -0.2) is 4.98 Å². The van der Waals surface area contributed by atoms with Crippen LogP contribution in [0.5, 0.6) is 0 Å². The molecule has 112 valence electrons. The number of hydrogen-bond acceptors (Lipinski definition) is 5. The largest absolute Gasteiger partial charge is 0.439 e. The van der Waals surface area contributed by atoms with Crippen molar-refractivity contribution in [2.75, 3.05) is 6.54 Å². The Balaban J connectivity index is 2.34. The van der Waals surface area contributed by atoms with E-state index in [0.29, 0.717) is 22.8 Å². The van der Waals surface area contributed by atoms with Crippen molar-refractivity contribution in [1.29, 1.82) is 0 Å². The van der Waals surface area contributed by atoms with Crippen molar-refractivity contribution in [3.8, 4) is 11.3 Å². The van der Waals surface area contributed by atoms with Gasteiger partial charge >= 0.3 is 0 Å². The Morgan fingerprint density at radius 2 is 2.24 bits per heavy atom. The summed E-state index contributed by atoms with van der Waals surface area (Å²) in [6.07, 6.45) is 2.56. The standard InChI is InChI=1S/C15H19N3O3/c1-4-8-16-11(3)15-17-9-13(21-15)12-7-5-6-10(2)14(12)18(19)20/h5-7,9,11,16H,4,8H2,1-3H3. The number of nitro groups is 1. The zero-order valence-corrected chi connectivity index (χ0v) is 12.4. The third-order valence-corrected chi connectivity index (χ3v) is 3.28. The Kier molecular flexibility index (Phi) is 4.70. The van der Waals surface area contributed by atoms with Gasteiger partial charge in [0.05, 0.1) is 22.7 Å². The van der Waals surface area contributed by atoms with Gasteiger partial charge in [-0.2, -0.15) is 0 Å². The fourth-order valence-corrected chi connectivity index (χ4v) is 2.16. The highest BCUT2D eigenvalue weighted by molar-refractivity contribution is 5.71. The Hall–Kier alpha value is -2.21. The van der Waals surface area contributed by atoms with Gasteiger partial charge in [0.2, 0.25) is 5.89 Å². The summed E-state index contributed by atoms with van der Waals surface area (Å²) in [7, 11) is 0. The lowest BCUT2D eigenvalue weighted by atomic mass is 10.1. The number of nitrogens with zero attached hydrogens (tertiary/aromatic N) is 2. The van der Waals surface area contributed by atoms with E-state index in [0.717, 1.165) is 13.0 Å². The highest BCUT2D eigenvalue weighted by Crippen LogP contribution is 2.33. The highest BCUT2D eigenvalue weighted by atomic mass is 16.6. The van der Waals surface area contributed by atoms with Crippen LogP contribution in [0.3, 0.4) is 0 Å². The summed E-state index contributed by atoms with van der Waals surface area (Å²) >= 11 is 0. The van der Waals surface area contributed by atoms with Crippen LogP contribution in [0.2, 0.25) is 0 Å². The minimum absolute atomic E-state index is 0.0254. The molecule has 0 saturated carbocycles. The molecule has 2 rings (SSSR count). The number of hydrogen-bond donors (Lipinski definition) is 1. The van der Waals surface area contributed by atoms with Gasteiger partial charge in [-0.1, -0.05) is 19.1 Å². The van der Waals surface area contributed by atoms with Crippen LogP contribution in [0, 0.1) is 17.0 Å². The van der Waals surface area contributed by atoms with Crippen LogP contribution in [0.4, 0.5) is 5.69 Å². The fourth-order valence-electron chi connectivity index (χ4n) is 2.16. The highest BCUT2D eigenvalue weighted by Gasteiger charge is 2.22. The molecule has 0 bridgehead atoms. The van der Waals surface area contributed by atoms with Crippen molar-refractivity contribution in [3.05, 3.63) is 46.0 Å². The van der Waals surface area contributed by atoms with Gasteiger partial charge in [0.1, 0.15) is 0 Å². The normalized spacial score (nSPS) is 12.3. The number of benzene rings is 1. The maximum atomic E-state index is 11.2. The Labute approximate surface area is 123 Å². The molecule has 0 radical (unpaired) electrons. The second kappa shape index (κ2) is 6.49. The number of rotatable bonds is 6. The van der Waals surface area contributed by atoms with Crippen molar-refractivity contribution in [2.24, 2.45) is 0 Å². The van der Waals surface area contributed by atoms with E-state index < -0.39 is 0 Å². The zero-order chi connectivity index (χ0) is 15.4. The number of para-hydroxylation sites is 1. The predicted octanol–water partition coefficient (Wildman–Crippen LogP) is 3.62. The topological polar surface area (TPSA) is 81.2 Å². The molecule has 1 N–H and O–H groups in total. The van der Waals surface area contributed by atoms with Gasteiger partial charge in [-0.05, 0) is 32.9 Å². The average molecular weight is 289 g/mol. The van der Waals surface area contributed by atoms with Gasteiger partial charge in [0.15, 0.2) is 5.76 Å². The molecule has 1 aromatic carbocycles. The minimum Gasteiger partial charge on any atom is -0.439 e. The van der Waals surface area contributed by atoms with E-state index in [2.05, 4.69) is 17.2 Å². The number of oxazole rings is 1. The van der Waals surface area contributed by atoms with Crippen LogP contribution in [-0.4, -0.2) is 16.5 Å². The summed E-state index contributed by atoms with van der Waals surface area (Å²) in [6, 6.07) is 5.14. The molecular formula is C15H19N3O3. The molecule has 1 unspecified atom stereocenters. The maximum Gasteiger partial charge on any atom is 0.283 e. The van der Waals surface area contributed by atoms with E-state index in [1.165, 1.54) is 0 Å². The molecule has 0 aliphatic heterocycles.